The number of rotatable bonds is 10. The number of nitrogens with two attached hydrogens (primary N) is 1. The van der Waals surface area contributed by atoms with E-state index in [2.05, 4.69) is 5.32 Å². The van der Waals surface area contributed by atoms with Gasteiger partial charge in [0.15, 0.2) is 0 Å². The molecule has 1 aliphatic carbocycles. The van der Waals surface area contributed by atoms with E-state index in [1.54, 1.807) is 4.90 Å². The van der Waals surface area contributed by atoms with Crippen molar-refractivity contribution in [3.8, 4) is 0 Å². The third kappa shape index (κ3) is 5.75. The van der Waals surface area contributed by atoms with Crippen molar-refractivity contribution in [1.29, 1.82) is 5.41 Å². The molecule has 27 heavy (non-hydrogen) atoms. The zero-order valence-corrected chi connectivity index (χ0v) is 15.6. The summed E-state index contributed by atoms with van der Waals surface area (Å²) in [6.45, 7) is 5.55. The van der Waals surface area contributed by atoms with Crippen molar-refractivity contribution >= 4 is 17.8 Å². The first-order valence-electron chi connectivity index (χ1n) is 8.92. The molecule has 0 radical (unpaired) electrons. The van der Waals surface area contributed by atoms with Crippen LogP contribution in [0.3, 0.4) is 0 Å². The van der Waals surface area contributed by atoms with Crippen molar-refractivity contribution in [3.63, 3.8) is 0 Å². The number of ether oxygens (including phenoxy) is 1. The number of carbonyl (C=O) groups is 1. The number of benzene rings is 1. The SMILES string of the molecule is CCN(CCN)/C(C=N)=C(\OCC1(C)CC1)C(=O)Nc1cc(F)cc(F)c1. The lowest BCUT2D eigenvalue weighted by atomic mass is 10.2. The maximum Gasteiger partial charge on any atom is 0.293 e. The highest BCUT2D eigenvalue weighted by atomic mass is 19.1. The smallest absolute Gasteiger partial charge is 0.293 e. The summed E-state index contributed by atoms with van der Waals surface area (Å²) in [5.74, 6) is -2.32. The first-order chi connectivity index (χ1) is 12.8. The zero-order valence-electron chi connectivity index (χ0n) is 15.6. The lowest BCUT2D eigenvalue weighted by molar-refractivity contribution is -0.116. The second kappa shape index (κ2) is 8.94. The van der Waals surface area contributed by atoms with Crippen molar-refractivity contribution in [3.05, 3.63) is 41.3 Å². The predicted octanol–water partition coefficient (Wildman–Crippen LogP) is 2.86. The van der Waals surface area contributed by atoms with Crippen LogP contribution in [0.2, 0.25) is 0 Å². The van der Waals surface area contributed by atoms with Gasteiger partial charge >= 0.3 is 0 Å². The fourth-order valence-corrected chi connectivity index (χ4v) is 2.58. The zero-order chi connectivity index (χ0) is 20.0. The Balaban J connectivity index is 2.32. The molecular weight excluding hydrogens is 354 g/mol. The van der Waals surface area contributed by atoms with Crippen molar-refractivity contribution < 1.29 is 18.3 Å². The molecule has 1 aromatic carbocycles. The maximum atomic E-state index is 13.4. The summed E-state index contributed by atoms with van der Waals surface area (Å²) in [7, 11) is 0. The van der Waals surface area contributed by atoms with Gasteiger partial charge in [0.25, 0.3) is 5.91 Å². The summed E-state index contributed by atoms with van der Waals surface area (Å²) < 4.78 is 32.6. The number of carbonyl (C=O) groups excluding carboxylic acids is 1. The molecule has 6 nitrogen and oxygen atoms in total. The summed E-state index contributed by atoms with van der Waals surface area (Å²) in [5.41, 5.74) is 5.88. The van der Waals surface area contributed by atoms with Crippen LogP contribution in [0.25, 0.3) is 0 Å². The Hall–Kier alpha value is -2.48. The Bertz CT molecular complexity index is 712. The number of nitrogens with one attached hydrogen (secondary N) is 2. The van der Waals surface area contributed by atoms with E-state index in [-0.39, 0.29) is 22.6 Å². The molecule has 0 saturated heterocycles. The van der Waals surface area contributed by atoms with Gasteiger partial charge in [0.05, 0.1) is 6.61 Å². The molecule has 1 aliphatic rings. The average Bonchev–Trinajstić information content (AvgIpc) is 3.33. The van der Waals surface area contributed by atoms with Gasteiger partial charge in [-0.1, -0.05) is 6.92 Å². The molecule has 8 heteroatoms. The van der Waals surface area contributed by atoms with Gasteiger partial charge in [0.1, 0.15) is 17.3 Å². The highest BCUT2D eigenvalue weighted by Gasteiger charge is 2.39. The van der Waals surface area contributed by atoms with E-state index >= 15 is 0 Å². The first-order valence-corrected chi connectivity index (χ1v) is 8.92. The van der Waals surface area contributed by atoms with Crippen LogP contribution in [-0.2, 0) is 9.53 Å². The summed E-state index contributed by atoms with van der Waals surface area (Å²) >= 11 is 0. The highest BCUT2D eigenvalue weighted by molar-refractivity contribution is 6.05. The van der Waals surface area contributed by atoms with Crippen molar-refractivity contribution in [2.24, 2.45) is 11.1 Å². The van der Waals surface area contributed by atoms with Crippen molar-refractivity contribution in [2.45, 2.75) is 26.7 Å². The maximum absolute atomic E-state index is 13.4. The summed E-state index contributed by atoms with van der Waals surface area (Å²) in [6, 6.07) is 2.75. The molecule has 1 aromatic rings. The van der Waals surface area contributed by atoms with Crippen LogP contribution in [0.5, 0.6) is 0 Å². The molecule has 0 unspecified atom stereocenters. The monoisotopic (exact) mass is 380 g/mol. The Morgan fingerprint density at radius 1 is 1.37 bits per heavy atom. The van der Waals surface area contributed by atoms with E-state index in [9.17, 15) is 13.6 Å². The van der Waals surface area contributed by atoms with Crippen LogP contribution in [-0.4, -0.2) is 43.3 Å². The Morgan fingerprint density at radius 2 is 2.00 bits per heavy atom. The molecule has 1 amide bonds. The van der Waals surface area contributed by atoms with Crippen LogP contribution in [0.1, 0.15) is 26.7 Å². The Morgan fingerprint density at radius 3 is 2.48 bits per heavy atom. The minimum absolute atomic E-state index is 0.00847. The minimum Gasteiger partial charge on any atom is -0.486 e. The van der Waals surface area contributed by atoms with E-state index in [0.717, 1.165) is 37.3 Å². The van der Waals surface area contributed by atoms with Crippen LogP contribution < -0.4 is 11.1 Å². The topological polar surface area (TPSA) is 91.4 Å². The molecule has 4 N–H and O–H groups in total. The molecule has 1 fully saturated rings. The first kappa shape index (κ1) is 20.8. The van der Waals surface area contributed by atoms with Gasteiger partial charge in [-0.05, 0) is 31.9 Å². The van der Waals surface area contributed by atoms with E-state index in [4.69, 9.17) is 15.9 Å². The third-order valence-electron chi connectivity index (χ3n) is 4.49. The van der Waals surface area contributed by atoms with Crippen LogP contribution >= 0.6 is 0 Å². The third-order valence-corrected chi connectivity index (χ3v) is 4.49. The largest absolute Gasteiger partial charge is 0.486 e. The molecule has 0 bridgehead atoms. The summed E-state index contributed by atoms with van der Waals surface area (Å²) in [4.78, 5) is 14.6. The number of halogens is 2. The number of nitrogens with zero attached hydrogens (tertiary/aromatic N) is 1. The molecule has 0 atom stereocenters. The van der Waals surface area contributed by atoms with Crippen LogP contribution in [0.4, 0.5) is 14.5 Å². The Labute approximate surface area is 157 Å². The van der Waals surface area contributed by atoms with Gasteiger partial charge in [0.2, 0.25) is 5.76 Å². The molecule has 2 rings (SSSR count). The van der Waals surface area contributed by atoms with Crippen molar-refractivity contribution in [1.82, 2.24) is 4.90 Å². The second-order valence-corrected chi connectivity index (χ2v) is 6.94. The van der Waals surface area contributed by atoms with E-state index in [1.165, 1.54) is 0 Å². The number of hydrogen-bond donors (Lipinski definition) is 3. The van der Waals surface area contributed by atoms with Crippen molar-refractivity contribution in [2.75, 3.05) is 31.6 Å². The van der Waals surface area contributed by atoms with E-state index in [1.807, 2.05) is 13.8 Å². The minimum atomic E-state index is -0.798. The van der Waals surface area contributed by atoms with Crippen LogP contribution in [0, 0.1) is 22.5 Å². The quantitative estimate of drug-likeness (QED) is 0.331. The highest BCUT2D eigenvalue weighted by Crippen LogP contribution is 2.45. The lowest BCUT2D eigenvalue weighted by Crippen LogP contribution is -2.33. The lowest BCUT2D eigenvalue weighted by Gasteiger charge is -2.26. The standard InChI is InChI=1S/C19H26F2N4O2/c1-3-25(7-6-22)16(11-23)17(27-12-19(2)4-5-19)18(26)24-15-9-13(20)8-14(21)10-15/h8-11,23H,3-7,12,22H2,1-2H3,(H,24,26)/b17-16-,23-11?. The molecule has 0 aliphatic heterocycles. The molecule has 1 saturated carbocycles. The van der Waals surface area contributed by atoms with Crippen LogP contribution in [0.15, 0.2) is 29.7 Å². The molecule has 148 valence electrons. The average molecular weight is 380 g/mol. The molecular formula is C19H26F2N4O2. The normalized spacial score (nSPS) is 15.6. The van der Waals surface area contributed by atoms with E-state index < -0.39 is 17.5 Å². The fourth-order valence-electron chi connectivity index (χ4n) is 2.58. The van der Waals surface area contributed by atoms with Gasteiger partial charge in [-0.25, -0.2) is 8.78 Å². The molecule has 0 aromatic heterocycles. The van der Waals surface area contributed by atoms with Gasteiger partial charge in [0, 0.05) is 43.0 Å². The Kier molecular flexibility index (Phi) is 6.90. The van der Waals surface area contributed by atoms with E-state index in [0.29, 0.717) is 26.2 Å². The molecule has 0 heterocycles. The fraction of sp³-hybridized carbons (Fsp3) is 0.474. The van der Waals surface area contributed by atoms with Gasteiger partial charge in [-0.2, -0.15) is 0 Å². The predicted molar refractivity (Wildman–Crippen MR) is 100 cm³/mol. The second-order valence-electron chi connectivity index (χ2n) is 6.94. The number of amides is 1. The number of likely N-dealkylation sites (N-methyl/N-ethyl adjacent to an activating group) is 1. The molecule has 0 spiro atoms. The number of anilines is 1. The van der Waals surface area contributed by atoms with Gasteiger partial charge in [-0.15, -0.1) is 0 Å². The number of allylic oxidation sites excluding steroid dienone is 1. The number of hydrogen-bond acceptors (Lipinski definition) is 5. The summed E-state index contributed by atoms with van der Waals surface area (Å²) in [6.07, 6.45) is 3.03. The van der Waals surface area contributed by atoms with Gasteiger partial charge < -0.3 is 26.1 Å². The van der Waals surface area contributed by atoms with Gasteiger partial charge in [-0.3, -0.25) is 4.79 Å². The summed E-state index contributed by atoms with van der Waals surface area (Å²) in [5, 5.41) is 10.2.